The fraction of sp³-hybridized carbons (Fsp3) is 0.882. The van der Waals surface area contributed by atoms with Gasteiger partial charge in [-0.1, -0.05) is 33.1 Å². The second-order valence-electron chi connectivity index (χ2n) is 5.45. The summed E-state index contributed by atoms with van der Waals surface area (Å²) in [5.41, 5.74) is 0. The summed E-state index contributed by atoms with van der Waals surface area (Å²) in [5.74, 6) is -1.42. The molecule has 0 amide bonds. The molecule has 0 aliphatic heterocycles. The number of aliphatic carboxylic acids is 2. The van der Waals surface area contributed by atoms with Crippen molar-refractivity contribution in [3.05, 3.63) is 0 Å². The molecule has 0 aliphatic rings. The second-order valence-corrected chi connectivity index (χ2v) is 5.45. The topological polar surface area (TPSA) is 135 Å². The number of unbranched alkanes of at least 4 members (excludes halogenated alkanes) is 3. The van der Waals surface area contributed by atoms with Gasteiger partial charge in [-0.25, -0.2) is 0 Å². The molecule has 0 atom stereocenters. The van der Waals surface area contributed by atoms with Gasteiger partial charge in [-0.2, -0.15) is 0 Å². The Morgan fingerprint density at radius 3 is 1.50 bits per heavy atom. The van der Waals surface area contributed by atoms with E-state index in [2.05, 4.69) is 6.92 Å². The van der Waals surface area contributed by atoms with E-state index in [0.29, 0.717) is 25.7 Å². The number of aliphatic hydroxyl groups excluding tert-OH is 3. The van der Waals surface area contributed by atoms with Gasteiger partial charge in [-0.3, -0.25) is 9.59 Å². The summed E-state index contributed by atoms with van der Waals surface area (Å²) in [6, 6.07) is 0. The molecule has 0 aliphatic carbocycles. The summed E-state index contributed by atoms with van der Waals surface area (Å²) in [4.78, 5) is 19.6. The third-order valence-corrected chi connectivity index (χ3v) is 3.03. The van der Waals surface area contributed by atoms with Crippen LogP contribution in [0.5, 0.6) is 0 Å². The average Bonchev–Trinajstić information content (AvgIpc) is 2.55. The van der Waals surface area contributed by atoms with Crippen molar-refractivity contribution >= 4 is 11.9 Å². The second kappa shape index (κ2) is 24.1. The van der Waals surface area contributed by atoms with Crippen LogP contribution in [0.2, 0.25) is 0 Å². The van der Waals surface area contributed by atoms with Crippen LogP contribution in [-0.2, 0) is 9.59 Å². The lowest BCUT2D eigenvalue weighted by Gasteiger charge is -2.07. The molecule has 0 unspecified atom stereocenters. The van der Waals surface area contributed by atoms with E-state index in [0.717, 1.165) is 32.1 Å². The summed E-state index contributed by atoms with van der Waals surface area (Å²) in [7, 11) is 0. The minimum Gasteiger partial charge on any atom is -0.481 e. The minimum absolute atomic E-state index is 0.0104. The first-order chi connectivity index (χ1) is 11.4. The molecule has 7 heteroatoms. The molecule has 24 heavy (non-hydrogen) atoms. The Labute approximate surface area is 145 Å². The zero-order chi connectivity index (χ0) is 19.2. The number of carboxylic acid groups (broad SMARTS) is 2. The number of carboxylic acids is 2. The van der Waals surface area contributed by atoms with Crippen molar-refractivity contribution in [2.24, 2.45) is 5.92 Å². The highest BCUT2D eigenvalue weighted by Crippen LogP contribution is 2.02. The third kappa shape index (κ3) is 32.7. The van der Waals surface area contributed by atoms with Gasteiger partial charge in [0.1, 0.15) is 0 Å². The molecule has 0 saturated carbocycles. The first-order valence-electron chi connectivity index (χ1n) is 8.65. The molecule has 0 radical (unpaired) electrons. The zero-order valence-electron chi connectivity index (χ0n) is 15.1. The largest absolute Gasteiger partial charge is 0.481 e. The summed E-state index contributed by atoms with van der Waals surface area (Å²) >= 11 is 0. The molecule has 0 spiro atoms. The smallest absolute Gasteiger partial charge is 0.303 e. The Kier molecular flexibility index (Phi) is 27.7. The fourth-order valence-corrected chi connectivity index (χ4v) is 1.47. The number of hydrogen-bond acceptors (Lipinski definition) is 5. The van der Waals surface area contributed by atoms with Gasteiger partial charge in [-0.15, -0.1) is 0 Å². The van der Waals surface area contributed by atoms with Crippen molar-refractivity contribution in [1.82, 2.24) is 0 Å². The monoisotopic (exact) mass is 352 g/mol. The van der Waals surface area contributed by atoms with Crippen molar-refractivity contribution in [2.75, 3.05) is 19.8 Å². The molecule has 0 fully saturated rings. The predicted molar refractivity (Wildman–Crippen MR) is 92.9 cm³/mol. The van der Waals surface area contributed by atoms with E-state index in [-0.39, 0.29) is 25.7 Å². The van der Waals surface area contributed by atoms with Crippen molar-refractivity contribution < 1.29 is 35.1 Å². The van der Waals surface area contributed by atoms with Crippen LogP contribution in [0.25, 0.3) is 0 Å². The number of aliphatic hydroxyl groups is 3. The Hall–Kier alpha value is -1.18. The first kappa shape index (κ1) is 27.7. The van der Waals surface area contributed by atoms with Crippen LogP contribution in [-0.4, -0.2) is 57.3 Å². The van der Waals surface area contributed by atoms with E-state index >= 15 is 0 Å². The van der Waals surface area contributed by atoms with Gasteiger partial charge in [0, 0.05) is 38.6 Å². The molecule has 146 valence electrons. The van der Waals surface area contributed by atoms with E-state index in [1.54, 1.807) is 0 Å². The van der Waals surface area contributed by atoms with Crippen LogP contribution in [0.4, 0.5) is 0 Å². The van der Waals surface area contributed by atoms with E-state index < -0.39 is 11.9 Å². The Morgan fingerprint density at radius 1 is 0.750 bits per heavy atom. The highest BCUT2D eigenvalue weighted by Gasteiger charge is 2.03. The molecule has 0 saturated heterocycles. The molecule has 0 bridgehead atoms. The molecule has 0 aromatic carbocycles. The average molecular weight is 352 g/mol. The lowest BCUT2D eigenvalue weighted by atomic mass is 10.1. The van der Waals surface area contributed by atoms with Crippen LogP contribution in [0.15, 0.2) is 0 Å². The minimum atomic E-state index is -0.693. The van der Waals surface area contributed by atoms with Crippen LogP contribution >= 0.6 is 0 Å². The van der Waals surface area contributed by atoms with Crippen LogP contribution in [0.1, 0.15) is 71.6 Å². The zero-order valence-corrected chi connectivity index (χ0v) is 15.1. The summed E-state index contributed by atoms with van der Waals surface area (Å²) in [5, 5.41) is 41.5. The van der Waals surface area contributed by atoms with Crippen molar-refractivity contribution in [3.8, 4) is 0 Å². The van der Waals surface area contributed by atoms with Gasteiger partial charge in [0.25, 0.3) is 0 Å². The van der Waals surface area contributed by atoms with E-state index in [9.17, 15) is 9.59 Å². The summed E-state index contributed by atoms with van der Waals surface area (Å²) in [6.07, 6.45) is 6.71. The highest BCUT2D eigenvalue weighted by atomic mass is 16.4. The molecule has 0 rings (SSSR count). The van der Waals surface area contributed by atoms with Gasteiger partial charge >= 0.3 is 11.9 Å². The maximum Gasteiger partial charge on any atom is 0.303 e. The van der Waals surface area contributed by atoms with Crippen molar-refractivity contribution in [1.29, 1.82) is 0 Å². The van der Waals surface area contributed by atoms with Crippen LogP contribution in [0, 0.1) is 5.92 Å². The summed E-state index contributed by atoms with van der Waals surface area (Å²) in [6.45, 7) is 4.19. The lowest BCUT2D eigenvalue weighted by molar-refractivity contribution is -0.138. The first-order valence-corrected chi connectivity index (χ1v) is 8.65. The van der Waals surface area contributed by atoms with Gasteiger partial charge in [0.15, 0.2) is 0 Å². The summed E-state index contributed by atoms with van der Waals surface area (Å²) < 4.78 is 0. The molecular weight excluding hydrogens is 316 g/mol. The Bertz CT molecular complexity index is 266. The molecule has 0 aromatic heterocycles. The van der Waals surface area contributed by atoms with E-state index in [1.165, 1.54) is 0 Å². The Balaban J connectivity index is -0.000000278. The SMILES string of the molecule is CCCCC(=O)O.CCCCCC(=O)O.OCCCC(CO)CO. The quantitative estimate of drug-likeness (QED) is 0.340. The van der Waals surface area contributed by atoms with Gasteiger partial charge < -0.3 is 25.5 Å². The van der Waals surface area contributed by atoms with Gasteiger partial charge in [0.2, 0.25) is 0 Å². The maximum atomic E-state index is 9.87. The predicted octanol–water partition coefficient (Wildman–Crippen LogP) is 2.27. The standard InChI is InChI=1S/C6H14O3.C6H12O2.C5H10O2/c7-3-1-2-6(4-8)5-9;1-2-3-4-5-6(7)8;1-2-3-4-5(6)7/h6-9H,1-5H2;2-5H2,1H3,(H,7,8);2-4H2,1H3,(H,6,7). The molecule has 7 nitrogen and oxygen atoms in total. The molecule has 0 aromatic rings. The van der Waals surface area contributed by atoms with E-state index in [4.69, 9.17) is 25.5 Å². The van der Waals surface area contributed by atoms with Crippen molar-refractivity contribution in [3.63, 3.8) is 0 Å². The van der Waals surface area contributed by atoms with E-state index in [1.807, 2.05) is 6.92 Å². The fourth-order valence-electron chi connectivity index (χ4n) is 1.47. The number of rotatable bonds is 12. The maximum absolute atomic E-state index is 9.87. The van der Waals surface area contributed by atoms with Crippen LogP contribution < -0.4 is 0 Å². The highest BCUT2D eigenvalue weighted by molar-refractivity contribution is 5.66. The molecule has 5 N–H and O–H groups in total. The normalized spacial score (nSPS) is 9.58. The molecular formula is C17H36O7. The van der Waals surface area contributed by atoms with Gasteiger partial charge in [-0.05, 0) is 25.7 Å². The van der Waals surface area contributed by atoms with Crippen molar-refractivity contribution in [2.45, 2.75) is 71.6 Å². The Morgan fingerprint density at radius 2 is 1.21 bits per heavy atom. The van der Waals surface area contributed by atoms with Crippen LogP contribution in [0.3, 0.4) is 0 Å². The number of hydrogen-bond donors (Lipinski definition) is 5. The third-order valence-electron chi connectivity index (χ3n) is 3.03. The lowest BCUT2D eigenvalue weighted by Crippen LogP contribution is -2.11. The molecule has 0 heterocycles. The van der Waals surface area contributed by atoms with Gasteiger partial charge in [0.05, 0.1) is 0 Å². The number of carbonyl (C=O) groups is 2.